The van der Waals surface area contributed by atoms with Gasteiger partial charge in [-0.2, -0.15) is 0 Å². The maximum Gasteiger partial charge on any atom is 0.221 e. The highest BCUT2D eigenvalue weighted by atomic mass is 19.1. The number of benzene rings is 1. The van der Waals surface area contributed by atoms with Crippen LogP contribution in [0, 0.1) is 11.7 Å². The van der Waals surface area contributed by atoms with Crippen LogP contribution in [-0.4, -0.2) is 10.9 Å². The van der Waals surface area contributed by atoms with Gasteiger partial charge in [-0.1, -0.05) is 26.0 Å². The summed E-state index contributed by atoms with van der Waals surface area (Å²) in [5, 5.41) is 3.01. The Labute approximate surface area is 124 Å². The monoisotopic (exact) mass is 286 g/mol. The number of rotatable bonds is 5. The number of amides is 1. The van der Waals surface area contributed by atoms with Gasteiger partial charge in [0.05, 0.1) is 6.04 Å². The minimum Gasteiger partial charge on any atom is -0.345 e. The third kappa shape index (κ3) is 4.38. The molecular weight excluding hydrogens is 267 g/mol. The number of carbonyl (C=O) groups is 1. The molecule has 21 heavy (non-hydrogen) atoms. The first-order valence-electron chi connectivity index (χ1n) is 7.01. The van der Waals surface area contributed by atoms with Crippen LogP contribution in [0.2, 0.25) is 0 Å². The molecule has 0 spiro atoms. The van der Waals surface area contributed by atoms with Gasteiger partial charge in [0, 0.05) is 18.8 Å². The molecule has 4 heteroatoms. The molecule has 1 heterocycles. The van der Waals surface area contributed by atoms with E-state index in [0.717, 1.165) is 11.1 Å². The molecule has 110 valence electrons. The number of carbonyl (C=O) groups excluding carboxylic acids is 1. The van der Waals surface area contributed by atoms with E-state index in [1.807, 2.05) is 26.0 Å². The number of hydrogen-bond acceptors (Lipinski definition) is 2. The Hall–Kier alpha value is -2.23. The van der Waals surface area contributed by atoms with Crippen LogP contribution in [0.25, 0.3) is 0 Å². The van der Waals surface area contributed by atoms with E-state index in [2.05, 4.69) is 10.3 Å². The average Bonchev–Trinajstić information content (AvgIpc) is 2.46. The molecule has 0 aliphatic carbocycles. The van der Waals surface area contributed by atoms with Gasteiger partial charge in [-0.05, 0) is 41.3 Å². The van der Waals surface area contributed by atoms with Crippen LogP contribution in [0.5, 0.6) is 0 Å². The fourth-order valence-electron chi connectivity index (χ4n) is 2.16. The maximum atomic E-state index is 13.1. The number of aromatic nitrogens is 1. The zero-order valence-electron chi connectivity index (χ0n) is 12.2. The highest BCUT2D eigenvalue weighted by Gasteiger charge is 2.17. The molecule has 1 atom stereocenters. The summed E-state index contributed by atoms with van der Waals surface area (Å²) in [5.41, 5.74) is 1.77. The molecule has 0 bridgehead atoms. The van der Waals surface area contributed by atoms with Gasteiger partial charge in [-0.3, -0.25) is 9.78 Å². The van der Waals surface area contributed by atoms with Crippen molar-refractivity contribution in [3.05, 3.63) is 65.7 Å². The van der Waals surface area contributed by atoms with Gasteiger partial charge in [0.1, 0.15) is 5.82 Å². The summed E-state index contributed by atoms with van der Waals surface area (Å²) >= 11 is 0. The molecule has 1 amide bonds. The fraction of sp³-hybridized carbons (Fsp3) is 0.294. The van der Waals surface area contributed by atoms with Gasteiger partial charge >= 0.3 is 0 Å². The van der Waals surface area contributed by atoms with Gasteiger partial charge in [0.15, 0.2) is 0 Å². The lowest BCUT2D eigenvalue weighted by atomic mass is 9.99. The Morgan fingerprint density at radius 2 is 1.67 bits per heavy atom. The van der Waals surface area contributed by atoms with Crippen LogP contribution < -0.4 is 5.32 Å². The molecule has 1 aromatic carbocycles. The lowest BCUT2D eigenvalue weighted by Crippen LogP contribution is -2.30. The molecule has 0 saturated heterocycles. The number of halogens is 1. The molecule has 0 saturated carbocycles. The van der Waals surface area contributed by atoms with Crippen LogP contribution in [0.15, 0.2) is 48.8 Å². The largest absolute Gasteiger partial charge is 0.345 e. The van der Waals surface area contributed by atoms with Crippen molar-refractivity contribution >= 4 is 5.91 Å². The number of hydrogen-bond donors (Lipinski definition) is 1. The summed E-state index contributed by atoms with van der Waals surface area (Å²) in [6, 6.07) is 9.59. The SMILES string of the molecule is CC(C)CC(=O)NC(c1ccncc1)c1ccc(F)cc1. The van der Waals surface area contributed by atoms with E-state index < -0.39 is 0 Å². The highest BCUT2D eigenvalue weighted by molar-refractivity contribution is 5.77. The van der Waals surface area contributed by atoms with E-state index in [4.69, 9.17) is 0 Å². The average molecular weight is 286 g/mol. The third-order valence-electron chi connectivity index (χ3n) is 3.14. The molecule has 2 rings (SSSR count). The zero-order chi connectivity index (χ0) is 15.2. The molecule has 1 N–H and O–H groups in total. The van der Waals surface area contributed by atoms with Crippen molar-refractivity contribution in [2.75, 3.05) is 0 Å². The van der Waals surface area contributed by atoms with E-state index >= 15 is 0 Å². The minimum absolute atomic E-state index is 0.0175. The lowest BCUT2D eigenvalue weighted by molar-refractivity contribution is -0.122. The second-order valence-corrected chi connectivity index (χ2v) is 5.43. The summed E-state index contributed by atoms with van der Waals surface area (Å²) in [4.78, 5) is 16.1. The second-order valence-electron chi connectivity index (χ2n) is 5.43. The van der Waals surface area contributed by atoms with Crippen molar-refractivity contribution in [2.45, 2.75) is 26.3 Å². The summed E-state index contributed by atoms with van der Waals surface area (Å²) in [6.07, 6.45) is 3.82. The second kappa shape index (κ2) is 6.97. The Kier molecular flexibility index (Phi) is 5.04. The Balaban J connectivity index is 2.27. The molecule has 2 aromatic rings. The van der Waals surface area contributed by atoms with E-state index in [-0.39, 0.29) is 23.7 Å². The van der Waals surface area contributed by atoms with Crippen molar-refractivity contribution in [1.29, 1.82) is 0 Å². The first kappa shape index (κ1) is 15.2. The van der Waals surface area contributed by atoms with E-state index in [9.17, 15) is 9.18 Å². The van der Waals surface area contributed by atoms with E-state index in [0.29, 0.717) is 6.42 Å². The molecule has 0 aliphatic heterocycles. The molecule has 0 fully saturated rings. The summed E-state index contributed by atoms with van der Waals surface area (Å²) < 4.78 is 13.1. The number of nitrogens with one attached hydrogen (secondary N) is 1. The van der Waals surface area contributed by atoms with Gasteiger partial charge < -0.3 is 5.32 Å². The first-order valence-corrected chi connectivity index (χ1v) is 7.01. The van der Waals surface area contributed by atoms with Crippen LogP contribution in [0.3, 0.4) is 0 Å². The van der Waals surface area contributed by atoms with Crippen LogP contribution in [0.4, 0.5) is 4.39 Å². The molecule has 3 nitrogen and oxygen atoms in total. The predicted octanol–water partition coefficient (Wildman–Crippen LogP) is 3.47. The quantitative estimate of drug-likeness (QED) is 0.914. The molecule has 1 aromatic heterocycles. The Bertz CT molecular complexity index is 581. The van der Waals surface area contributed by atoms with Crippen LogP contribution >= 0.6 is 0 Å². The van der Waals surface area contributed by atoms with E-state index in [1.165, 1.54) is 12.1 Å². The van der Waals surface area contributed by atoms with Crippen molar-refractivity contribution < 1.29 is 9.18 Å². The van der Waals surface area contributed by atoms with Gasteiger partial charge in [-0.15, -0.1) is 0 Å². The van der Waals surface area contributed by atoms with Crippen LogP contribution in [-0.2, 0) is 4.79 Å². The topological polar surface area (TPSA) is 42.0 Å². The zero-order valence-corrected chi connectivity index (χ0v) is 12.2. The van der Waals surface area contributed by atoms with Crippen molar-refractivity contribution in [2.24, 2.45) is 5.92 Å². The van der Waals surface area contributed by atoms with Crippen LogP contribution in [0.1, 0.15) is 37.4 Å². The van der Waals surface area contributed by atoms with Gasteiger partial charge in [0.25, 0.3) is 0 Å². The number of nitrogens with zero attached hydrogens (tertiary/aromatic N) is 1. The van der Waals surface area contributed by atoms with Gasteiger partial charge in [0.2, 0.25) is 5.91 Å². The third-order valence-corrected chi connectivity index (χ3v) is 3.14. The standard InChI is InChI=1S/C17H19FN2O/c1-12(2)11-16(21)20-17(14-7-9-19-10-8-14)13-3-5-15(18)6-4-13/h3-10,12,17H,11H2,1-2H3,(H,20,21). The van der Waals surface area contributed by atoms with E-state index in [1.54, 1.807) is 24.5 Å². The summed E-state index contributed by atoms with van der Waals surface area (Å²) in [6.45, 7) is 4.00. The molecule has 0 radical (unpaired) electrons. The lowest BCUT2D eigenvalue weighted by Gasteiger charge is -2.20. The normalized spacial score (nSPS) is 12.2. The number of pyridine rings is 1. The highest BCUT2D eigenvalue weighted by Crippen LogP contribution is 2.22. The van der Waals surface area contributed by atoms with Crippen molar-refractivity contribution in [1.82, 2.24) is 10.3 Å². The fourth-order valence-corrected chi connectivity index (χ4v) is 2.16. The summed E-state index contributed by atoms with van der Waals surface area (Å²) in [5.74, 6) is -0.0202. The maximum absolute atomic E-state index is 13.1. The predicted molar refractivity (Wildman–Crippen MR) is 80.1 cm³/mol. The van der Waals surface area contributed by atoms with Crippen molar-refractivity contribution in [3.8, 4) is 0 Å². The summed E-state index contributed by atoms with van der Waals surface area (Å²) in [7, 11) is 0. The molecule has 0 aliphatic rings. The smallest absolute Gasteiger partial charge is 0.221 e. The molecule has 1 unspecified atom stereocenters. The van der Waals surface area contributed by atoms with Gasteiger partial charge in [-0.25, -0.2) is 4.39 Å². The van der Waals surface area contributed by atoms with Crippen molar-refractivity contribution in [3.63, 3.8) is 0 Å². The first-order chi connectivity index (χ1) is 10.1. The molecular formula is C17H19FN2O. The Morgan fingerprint density at radius 1 is 1.10 bits per heavy atom. The minimum atomic E-state index is -0.292. The Morgan fingerprint density at radius 3 is 2.24 bits per heavy atom.